The molecule has 0 aliphatic carbocycles. The Morgan fingerprint density at radius 1 is 1.38 bits per heavy atom. The van der Waals surface area contributed by atoms with Crippen LogP contribution in [0.2, 0.25) is 0 Å². The second-order valence-electron chi connectivity index (χ2n) is 4.54. The second-order valence-corrected chi connectivity index (χ2v) is 5.20. The first kappa shape index (κ1) is 13.5. The van der Waals surface area contributed by atoms with Crippen molar-refractivity contribution in [3.05, 3.63) is 53.7 Å². The fraction of sp³-hybridized carbons (Fsp3) is 0.133. The number of aromatic nitrogens is 3. The lowest BCUT2D eigenvalue weighted by molar-refractivity contribution is 0.623. The first-order chi connectivity index (χ1) is 10.1. The van der Waals surface area contributed by atoms with Crippen LogP contribution in [0.3, 0.4) is 0 Å². The van der Waals surface area contributed by atoms with E-state index in [1.807, 2.05) is 12.1 Å². The molecule has 1 unspecified atom stereocenters. The smallest absolute Gasteiger partial charge is 0.164 e. The van der Waals surface area contributed by atoms with Crippen molar-refractivity contribution in [2.75, 3.05) is 0 Å². The van der Waals surface area contributed by atoms with Gasteiger partial charge in [-0.3, -0.25) is 4.57 Å². The Morgan fingerprint density at radius 3 is 2.90 bits per heavy atom. The van der Waals surface area contributed by atoms with E-state index in [0.29, 0.717) is 22.7 Å². The monoisotopic (exact) mass is 300 g/mol. The lowest BCUT2D eigenvalue weighted by atomic mass is 10.2. The van der Waals surface area contributed by atoms with Crippen LogP contribution in [0.25, 0.3) is 16.9 Å². The van der Waals surface area contributed by atoms with Crippen LogP contribution >= 0.6 is 11.6 Å². The standard InChI is InChI=1S/C15H10ClFN4/c1-9(16)14-20-13-3-2-6-19-15(13)21(14)11-4-5-12(17)10(7-11)8-18/h2-7,9H,1H3. The van der Waals surface area contributed by atoms with E-state index in [-0.39, 0.29) is 10.9 Å². The molecule has 0 fully saturated rings. The molecule has 0 N–H and O–H groups in total. The lowest BCUT2D eigenvalue weighted by Crippen LogP contribution is -2.03. The first-order valence-corrected chi connectivity index (χ1v) is 6.73. The summed E-state index contributed by atoms with van der Waals surface area (Å²) in [5.74, 6) is 0.0416. The molecule has 1 aromatic carbocycles. The predicted octanol–water partition coefficient (Wildman–Crippen LogP) is 3.73. The topological polar surface area (TPSA) is 54.5 Å². The highest BCUT2D eigenvalue weighted by Gasteiger charge is 2.17. The fourth-order valence-electron chi connectivity index (χ4n) is 2.19. The maximum Gasteiger partial charge on any atom is 0.164 e. The van der Waals surface area contributed by atoms with E-state index in [4.69, 9.17) is 16.9 Å². The molecule has 0 aliphatic rings. The number of hydrogen-bond donors (Lipinski definition) is 0. The van der Waals surface area contributed by atoms with E-state index >= 15 is 0 Å². The van der Waals surface area contributed by atoms with Crippen molar-refractivity contribution in [1.82, 2.24) is 14.5 Å². The molecule has 3 aromatic rings. The molecule has 1 atom stereocenters. The molecule has 2 heterocycles. The Bertz CT molecular complexity index is 864. The number of pyridine rings is 1. The fourth-order valence-corrected chi connectivity index (χ4v) is 2.34. The molecule has 6 heteroatoms. The van der Waals surface area contributed by atoms with Gasteiger partial charge in [-0.2, -0.15) is 5.26 Å². The van der Waals surface area contributed by atoms with Gasteiger partial charge < -0.3 is 0 Å². The number of halogens is 2. The van der Waals surface area contributed by atoms with Crippen LogP contribution in [0, 0.1) is 17.1 Å². The van der Waals surface area contributed by atoms with E-state index in [2.05, 4.69) is 9.97 Å². The highest BCUT2D eigenvalue weighted by molar-refractivity contribution is 6.20. The highest BCUT2D eigenvalue weighted by Crippen LogP contribution is 2.27. The van der Waals surface area contributed by atoms with Gasteiger partial charge in [-0.1, -0.05) is 0 Å². The molecule has 0 radical (unpaired) electrons. The summed E-state index contributed by atoms with van der Waals surface area (Å²) in [6, 6.07) is 9.75. The molecular weight excluding hydrogens is 291 g/mol. The Balaban J connectivity index is 2.33. The van der Waals surface area contributed by atoms with Crippen LogP contribution in [-0.4, -0.2) is 14.5 Å². The maximum atomic E-state index is 13.5. The first-order valence-electron chi connectivity index (χ1n) is 6.29. The summed E-state index contributed by atoms with van der Waals surface area (Å²) in [6.07, 6.45) is 1.65. The molecule has 4 nitrogen and oxygen atoms in total. The summed E-state index contributed by atoms with van der Waals surface area (Å²) in [7, 11) is 0. The average Bonchev–Trinajstić information content (AvgIpc) is 2.87. The summed E-state index contributed by atoms with van der Waals surface area (Å²) in [4.78, 5) is 8.76. The van der Waals surface area contributed by atoms with E-state index in [1.54, 1.807) is 29.8 Å². The minimum Gasteiger partial charge on any atom is -0.279 e. The van der Waals surface area contributed by atoms with E-state index < -0.39 is 5.82 Å². The number of alkyl halides is 1. The zero-order chi connectivity index (χ0) is 15.0. The van der Waals surface area contributed by atoms with Crippen LogP contribution in [0.4, 0.5) is 4.39 Å². The number of hydrogen-bond acceptors (Lipinski definition) is 3. The maximum absolute atomic E-state index is 13.5. The van der Waals surface area contributed by atoms with Gasteiger partial charge >= 0.3 is 0 Å². The molecule has 0 bridgehead atoms. The number of nitriles is 1. The quantitative estimate of drug-likeness (QED) is 0.678. The van der Waals surface area contributed by atoms with Gasteiger partial charge in [0.25, 0.3) is 0 Å². The van der Waals surface area contributed by atoms with Crippen molar-refractivity contribution in [3.8, 4) is 11.8 Å². The average molecular weight is 301 g/mol. The largest absolute Gasteiger partial charge is 0.279 e. The normalized spacial score (nSPS) is 12.3. The molecule has 0 spiro atoms. The molecule has 21 heavy (non-hydrogen) atoms. The Kier molecular flexibility index (Phi) is 3.32. The van der Waals surface area contributed by atoms with Crippen LogP contribution in [-0.2, 0) is 0 Å². The molecule has 3 rings (SSSR count). The molecule has 0 aliphatic heterocycles. The van der Waals surface area contributed by atoms with Crippen LogP contribution in [0.15, 0.2) is 36.5 Å². The molecular formula is C15H10ClFN4. The number of imidazole rings is 1. The third-order valence-corrected chi connectivity index (χ3v) is 3.32. The van der Waals surface area contributed by atoms with Crippen molar-refractivity contribution in [1.29, 1.82) is 5.26 Å². The van der Waals surface area contributed by atoms with Gasteiger partial charge in [-0.25, -0.2) is 14.4 Å². The van der Waals surface area contributed by atoms with Crippen LogP contribution in [0.5, 0.6) is 0 Å². The van der Waals surface area contributed by atoms with Gasteiger partial charge in [0.2, 0.25) is 0 Å². The van der Waals surface area contributed by atoms with Crippen molar-refractivity contribution < 1.29 is 4.39 Å². The van der Waals surface area contributed by atoms with Crippen molar-refractivity contribution >= 4 is 22.8 Å². The summed E-state index contributed by atoms with van der Waals surface area (Å²) in [5, 5.41) is 8.62. The lowest BCUT2D eigenvalue weighted by Gasteiger charge is -2.10. The van der Waals surface area contributed by atoms with E-state index in [9.17, 15) is 4.39 Å². The SMILES string of the molecule is CC(Cl)c1nc2cccnc2n1-c1ccc(F)c(C#N)c1. The number of nitrogens with zero attached hydrogens (tertiary/aromatic N) is 4. The minimum atomic E-state index is -0.556. The number of benzene rings is 1. The van der Waals surface area contributed by atoms with E-state index in [0.717, 1.165) is 0 Å². The van der Waals surface area contributed by atoms with Crippen molar-refractivity contribution in [2.24, 2.45) is 0 Å². The van der Waals surface area contributed by atoms with Gasteiger partial charge in [-0.05, 0) is 37.3 Å². The zero-order valence-electron chi connectivity index (χ0n) is 11.1. The Labute approximate surface area is 125 Å². The summed E-state index contributed by atoms with van der Waals surface area (Å²) in [5.41, 5.74) is 1.90. The highest BCUT2D eigenvalue weighted by atomic mass is 35.5. The zero-order valence-corrected chi connectivity index (χ0v) is 11.8. The van der Waals surface area contributed by atoms with Crippen molar-refractivity contribution in [3.63, 3.8) is 0 Å². The number of fused-ring (bicyclic) bond motifs is 1. The van der Waals surface area contributed by atoms with Gasteiger partial charge in [-0.15, -0.1) is 11.6 Å². The second kappa shape index (κ2) is 5.15. The molecule has 2 aromatic heterocycles. The van der Waals surface area contributed by atoms with Gasteiger partial charge in [0.15, 0.2) is 5.65 Å². The molecule has 104 valence electrons. The van der Waals surface area contributed by atoms with Crippen LogP contribution < -0.4 is 0 Å². The van der Waals surface area contributed by atoms with E-state index in [1.165, 1.54) is 12.1 Å². The van der Waals surface area contributed by atoms with Gasteiger partial charge in [0.05, 0.1) is 16.6 Å². The van der Waals surface area contributed by atoms with Crippen LogP contribution in [0.1, 0.15) is 23.7 Å². The summed E-state index contributed by atoms with van der Waals surface area (Å²) >= 11 is 6.18. The number of rotatable bonds is 2. The third kappa shape index (κ3) is 2.24. The summed E-state index contributed by atoms with van der Waals surface area (Å²) in [6.45, 7) is 1.80. The molecule has 0 saturated carbocycles. The Hall–Kier alpha value is -2.45. The minimum absolute atomic E-state index is 0.0292. The van der Waals surface area contributed by atoms with Gasteiger partial charge in [0.1, 0.15) is 23.2 Å². The van der Waals surface area contributed by atoms with Crippen molar-refractivity contribution in [2.45, 2.75) is 12.3 Å². The Morgan fingerprint density at radius 2 is 2.19 bits per heavy atom. The summed E-state index contributed by atoms with van der Waals surface area (Å²) < 4.78 is 15.2. The van der Waals surface area contributed by atoms with Gasteiger partial charge in [0, 0.05) is 6.20 Å². The predicted molar refractivity (Wildman–Crippen MR) is 77.8 cm³/mol. The molecule has 0 amide bonds. The molecule has 0 saturated heterocycles. The third-order valence-electron chi connectivity index (χ3n) is 3.13.